The standard InChI is InChI=1S/C11H13BrN4S2/c12-8-1-2-10-14-11(15-16(10)6-8)13-5-9-7-17-3-4-18-9/h1-2,6,9H,3-5,7H2,(H,13,15). The second-order valence-electron chi connectivity index (χ2n) is 4.03. The van der Waals surface area contributed by atoms with E-state index in [-0.39, 0.29) is 0 Å². The van der Waals surface area contributed by atoms with Gasteiger partial charge in [-0.3, -0.25) is 0 Å². The first-order valence-electron chi connectivity index (χ1n) is 5.76. The Kier molecular flexibility index (Phi) is 4.00. The highest BCUT2D eigenvalue weighted by molar-refractivity contribution is 9.10. The van der Waals surface area contributed by atoms with Crippen molar-refractivity contribution in [2.24, 2.45) is 0 Å². The number of fused-ring (bicyclic) bond motifs is 1. The topological polar surface area (TPSA) is 42.2 Å². The van der Waals surface area contributed by atoms with E-state index in [9.17, 15) is 0 Å². The molecule has 1 fully saturated rings. The molecule has 1 unspecified atom stereocenters. The zero-order valence-electron chi connectivity index (χ0n) is 9.67. The lowest BCUT2D eigenvalue weighted by molar-refractivity contribution is 0.931. The highest BCUT2D eigenvalue weighted by atomic mass is 79.9. The second kappa shape index (κ2) is 5.71. The summed E-state index contributed by atoms with van der Waals surface area (Å²) in [5.74, 6) is 4.46. The van der Waals surface area contributed by atoms with Crippen LogP contribution in [0.4, 0.5) is 5.95 Å². The lowest BCUT2D eigenvalue weighted by atomic mass is 10.5. The molecule has 0 amide bonds. The van der Waals surface area contributed by atoms with E-state index in [1.54, 1.807) is 4.52 Å². The van der Waals surface area contributed by atoms with Crippen LogP contribution in [0.25, 0.3) is 5.65 Å². The second-order valence-corrected chi connectivity index (χ2v) is 7.51. The van der Waals surface area contributed by atoms with Crippen molar-refractivity contribution in [3.05, 3.63) is 22.8 Å². The Bertz CT molecular complexity index is 539. The Morgan fingerprint density at radius 3 is 3.22 bits per heavy atom. The van der Waals surface area contributed by atoms with Crippen molar-refractivity contribution >= 4 is 51.0 Å². The summed E-state index contributed by atoms with van der Waals surface area (Å²) >= 11 is 7.50. The Balaban J connectivity index is 1.67. The molecule has 0 spiro atoms. The summed E-state index contributed by atoms with van der Waals surface area (Å²) in [6.07, 6.45) is 1.92. The van der Waals surface area contributed by atoms with Crippen molar-refractivity contribution in [1.82, 2.24) is 14.6 Å². The first kappa shape index (κ1) is 12.6. The van der Waals surface area contributed by atoms with Gasteiger partial charge in [0, 0.05) is 39.7 Å². The van der Waals surface area contributed by atoms with Gasteiger partial charge in [0.2, 0.25) is 5.95 Å². The molecule has 1 saturated heterocycles. The average Bonchev–Trinajstić information content (AvgIpc) is 2.79. The number of rotatable bonds is 3. The van der Waals surface area contributed by atoms with Crippen LogP contribution in [0, 0.1) is 0 Å². The first-order valence-corrected chi connectivity index (χ1v) is 8.76. The molecule has 0 aliphatic carbocycles. The van der Waals surface area contributed by atoms with Gasteiger partial charge in [-0.05, 0) is 28.1 Å². The summed E-state index contributed by atoms with van der Waals surface area (Å²) in [4.78, 5) is 4.44. The summed E-state index contributed by atoms with van der Waals surface area (Å²) in [5.41, 5.74) is 0.867. The fourth-order valence-electron chi connectivity index (χ4n) is 1.79. The Hall–Kier alpha value is -0.400. The molecule has 7 heteroatoms. The minimum atomic E-state index is 0.669. The maximum absolute atomic E-state index is 4.44. The van der Waals surface area contributed by atoms with Crippen molar-refractivity contribution in [2.45, 2.75) is 5.25 Å². The molecular formula is C11H13BrN4S2. The molecular weight excluding hydrogens is 332 g/mol. The minimum absolute atomic E-state index is 0.669. The number of anilines is 1. The molecule has 1 aliphatic rings. The minimum Gasteiger partial charge on any atom is -0.352 e. The van der Waals surface area contributed by atoms with Crippen LogP contribution in [-0.4, -0.2) is 43.7 Å². The lowest BCUT2D eigenvalue weighted by Gasteiger charge is -2.20. The third-order valence-corrected chi connectivity index (χ3v) is 5.98. The van der Waals surface area contributed by atoms with E-state index >= 15 is 0 Å². The number of halogens is 1. The maximum Gasteiger partial charge on any atom is 0.243 e. The summed E-state index contributed by atoms with van der Waals surface area (Å²) in [6, 6.07) is 3.93. The molecule has 1 N–H and O–H groups in total. The van der Waals surface area contributed by atoms with Crippen LogP contribution in [-0.2, 0) is 0 Å². The normalized spacial score (nSPS) is 20.2. The van der Waals surface area contributed by atoms with E-state index in [1.807, 2.05) is 41.9 Å². The molecule has 0 bridgehead atoms. The number of thioether (sulfide) groups is 2. The third kappa shape index (κ3) is 2.95. The monoisotopic (exact) mass is 344 g/mol. The van der Waals surface area contributed by atoms with Gasteiger partial charge in [0.25, 0.3) is 0 Å². The van der Waals surface area contributed by atoms with Crippen molar-refractivity contribution < 1.29 is 0 Å². The van der Waals surface area contributed by atoms with Crippen molar-refractivity contribution in [2.75, 3.05) is 29.1 Å². The molecule has 3 heterocycles. The van der Waals surface area contributed by atoms with E-state index in [0.29, 0.717) is 11.2 Å². The number of nitrogens with one attached hydrogen (secondary N) is 1. The predicted octanol–water partition coefficient (Wildman–Crippen LogP) is 2.75. The fourth-order valence-corrected chi connectivity index (χ4v) is 4.73. The van der Waals surface area contributed by atoms with Gasteiger partial charge in [-0.15, -0.1) is 5.10 Å². The lowest BCUT2D eigenvalue weighted by Crippen LogP contribution is -2.23. The van der Waals surface area contributed by atoms with E-state index in [4.69, 9.17) is 0 Å². The van der Waals surface area contributed by atoms with Gasteiger partial charge in [0.1, 0.15) is 0 Å². The largest absolute Gasteiger partial charge is 0.352 e. The Labute approximate surface area is 122 Å². The molecule has 2 aromatic heterocycles. The van der Waals surface area contributed by atoms with Crippen molar-refractivity contribution in [1.29, 1.82) is 0 Å². The van der Waals surface area contributed by atoms with Crippen molar-refractivity contribution in [3.63, 3.8) is 0 Å². The van der Waals surface area contributed by atoms with E-state index in [1.165, 1.54) is 17.3 Å². The quantitative estimate of drug-likeness (QED) is 0.927. The van der Waals surface area contributed by atoms with E-state index in [0.717, 1.165) is 16.7 Å². The predicted molar refractivity (Wildman–Crippen MR) is 82.7 cm³/mol. The number of nitrogens with zero attached hydrogens (tertiary/aromatic N) is 3. The van der Waals surface area contributed by atoms with Gasteiger partial charge in [0.05, 0.1) is 0 Å². The molecule has 0 radical (unpaired) electrons. The fraction of sp³-hybridized carbons (Fsp3) is 0.455. The summed E-state index contributed by atoms with van der Waals surface area (Å²) in [7, 11) is 0. The molecule has 4 nitrogen and oxygen atoms in total. The van der Waals surface area contributed by atoms with Crippen LogP contribution in [0.1, 0.15) is 0 Å². The van der Waals surface area contributed by atoms with Crippen LogP contribution >= 0.6 is 39.5 Å². The molecule has 0 saturated carbocycles. The smallest absolute Gasteiger partial charge is 0.243 e. The molecule has 1 aliphatic heterocycles. The van der Waals surface area contributed by atoms with Crippen LogP contribution in [0.3, 0.4) is 0 Å². The molecule has 18 heavy (non-hydrogen) atoms. The Morgan fingerprint density at radius 1 is 1.44 bits per heavy atom. The molecule has 1 atom stereocenters. The number of aromatic nitrogens is 3. The summed E-state index contributed by atoms with van der Waals surface area (Å²) in [5, 5.41) is 8.41. The Morgan fingerprint density at radius 2 is 2.39 bits per heavy atom. The van der Waals surface area contributed by atoms with Gasteiger partial charge in [-0.2, -0.15) is 28.5 Å². The van der Waals surface area contributed by atoms with Gasteiger partial charge in [-0.25, -0.2) is 4.52 Å². The zero-order chi connectivity index (χ0) is 12.4. The van der Waals surface area contributed by atoms with Gasteiger partial charge in [-0.1, -0.05) is 0 Å². The number of hydrogen-bond acceptors (Lipinski definition) is 5. The van der Waals surface area contributed by atoms with Gasteiger partial charge in [0.15, 0.2) is 5.65 Å². The van der Waals surface area contributed by atoms with Gasteiger partial charge >= 0.3 is 0 Å². The maximum atomic E-state index is 4.44. The average molecular weight is 345 g/mol. The van der Waals surface area contributed by atoms with E-state index < -0.39 is 0 Å². The highest BCUT2D eigenvalue weighted by Crippen LogP contribution is 2.24. The third-order valence-electron chi connectivity index (χ3n) is 2.67. The summed E-state index contributed by atoms with van der Waals surface area (Å²) in [6.45, 7) is 0.940. The molecule has 96 valence electrons. The van der Waals surface area contributed by atoms with Crippen LogP contribution in [0.5, 0.6) is 0 Å². The van der Waals surface area contributed by atoms with Crippen LogP contribution in [0.15, 0.2) is 22.8 Å². The number of hydrogen-bond donors (Lipinski definition) is 1. The van der Waals surface area contributed by atoms with Crippen molar-refractivity contribution in [3.8, 4) is 0 Å². The highest BCUT2D eigenvalue weighted by Gasteiger charge is 2.14. The van der Waals surface area contributed by atoms with E-state index in [2.05, 4.69) is 31.3 Å². The molecule has 3 rings (SSSR count). The van der Waals surface area contributed by atoms with Crippen LogP contribution in [0.2, 0.25) is 0 Å². The first-order chi connectivity index (χ1) is 8.81. The molecule has 0 aromatic carbocycles. The van der Waals surface area contributed by atoms with Gasteiger partial charge < -0.3 is 5.32 Å². The number of pyridine rings is 1. The van der Waals surface area contributed by atoms with Crippen LogP contribution < -0.4 is 5.32 Å². The zero-order valence-corrected chi connectivity index (χ0v) is 12.9. The summed E-state index contributed by atoms with van der Waals surface area (Å²) < 4.78 is 2.79. The molecule has 2 aromatic rings. The SMILES string of the molecule is Brc1ccc2nc(NCC3CSCCS3)nn2c1.